The molecule has 1 saturated carbocycles. The third-order valence-electron chi connectivity index (χ3n) is 7.59. The van der Waals surface area contributed by atoms with E-state index in [4.69, 9.17) is 9.47 Å². The molecule has 2 unspecified atom stereocenters. The van der Waals surface area contributed by atoms with Crippen molar-refractivity contribution in [3.63, 3.8) is 0 Å². The van der Waals surface area contributed by atoms with Crippen LogP contribution in [-0.2, 0) is 16.6 Å². The topological polar surface area (TPSA) is 38.8 Å². The van der Waals surface area contributed by atoms with E-state index in [9.17, 15) is 4.79 Å². The second-order valence-electron chi connectivity index (χ2n) is 8.86. The number of hydrogen-bond donors (Lipinski definition) is 0. The molecule has 0 aromatic heterocycles. The molecule has 5 aliphatic rings. The van der Waals surface area contributed by atoms with Crippen LogP contribution in [0.25, 0.3) is 0 Å². The molecule has 6 rings (SSSR count). The third kappa shape index (κ3) is 1.72. The van der Waals surface area contributed by atoms with Gasteiger partial charge in [0, 0.05) is 24.1 Å². The van der Waals surface area contributed by atoms with Crippen LogP contribution in [0.5, 0.6) is 11.5 Å². The predicted octanol–water partition coefficient (Wildman–Crippen LogP) is 2.80. The highest BCUT2D eigenvalue weighted by Gasteiger charge is 2.65. The van der Waals surface area contributed by atoms with Gasteiger partial charge < -0.3 is 9.47 Å². The van der Waals surface area contributed by atoms with Crippen LogP contribution in [0.1, 0.15) is 36.0 Å². The molecule has 26 heavy (non-hydrogen) atoms. The van der Waals surface area contributed by atoms with Crippen molar-refractivity contribution in [3.8, 4) is 11.5 Å². The lowest BCUT2D eigenvalue weighted by Gasteiger charge is -2.56. The van der Waals surface area contributed by atoms with Gasteiger partial charge >= 0.3 is 0 Å². The van der Waals surface area contributed by atoms with Crippen LogP contribution in [0, 0.1) is 18.8 Å². The first-order valence-electron chi connectivity index (χ1n) is 9.97. The maximum absolute atomic E-state index is 12.8. The predicted molar refractivity (Wildman–Crippen MR) is 97.9 cm³/mol. The number of ketones is 1. The van der Waals surface area contributed by atoms with Crippen molar-refractivity contribution < 1.29 is 14.3 Å². The Bertz CT molecular complexity index is 855. The number of methoxy groups -OCH3 is 1. The minimum absolute atomic E-state index is 0.124. The molecular formula is C22H25NO3. The van der Waals surface area contributed by atoms with Gasteiger partial charge in [-0.3, -0.25) is 9.69 Å². The van der Waals surface area contributed by atoms with Crippen LogP contribution >= 0.6 is 0 Å². The van der Waals surface area contributed by atoms with Gasteiger partial charge in [-0.05, 0) is 68.3 Å². The number of hydrogen-bond acceptors (Lipinski definition) is 4. The van der Waals surface area contributed by atoms with Crippen LogP contribution in [0.2, 0.25) is 0 Å². The highest BCUT2D eigenvalue weighted by atomic mass is 16.5. The quantitative estimate of drug-likeness (QED) is 0.839. The van der Waals surface area contributed by atoms with E-state index in [1.54, 1.807) is 13.2 Å². The lowest BCUT2D eigenvalue weighted by atomic mass is 9.53. The second kappa shape index (κ2) is 4.92. The van der Waals surface area contributed by atoms with Crippen molar-refractivity contribution in [1.82, 2.24) is 4.90 Å². The Balaban J connectivity index is 1.58. The van der Waals surface area contributed by atoms with E-state index in [-0.39, 0.29) is 17.3 Å². The summed E-state index contributed by atoms with van der Waals surface area (Å²) in [5.74, 6) is 3.02. The molecule has 1 aromatic carbocycles. The number of carbonyl (C=O) groups is 1. The van der Waals surface area contributed by atoms with Crippen LogP contribution in [0.4, 0.5) is 0 Å². The Hall–Kier alpha value is -1.81. The van der Waals surface area contributed by atoms with E-state index in [2.05, 4.69) is 24.0 Å². The molecule has 1 spiro atoms. The number of aryl methyl sites for hydroxylation is 1. The standard InChI is InChI=1S/C22H25NO3/c1-12-9-18(25-2)20-19-14(12)10-16-15-5-6-17(24)21(26-20)22(15,19)7-8-23(16)11-13-3-4-13/h5-6,9,13,15-16,21H,3-4,7-8,10-11H2,1-2H3/t15?,16?,21-,22-/m1/s1. The summed E-state index contributed by atoms with van der Waals surface area (Å²) < 4.78 is 12.0. The monoisotopic (exact) mass is 351 g/mol. The number of nitrogens with zero attached hydrogens (tertiary/aromatic N) is 1. The first-order chi connectivity index (χ1) is 12.6. The van der Waals surface area contributed by atoms with E-state index in [1.165, 1.54) is 36.1 Å². The zero-order valence-electron chi connectivity index (χ0n) is 15.5. The minimum atomic E-state index is -0.368. The van der Waals surface area contributed by atoms with E-state index in [0.29, 0.717) is 12.0 Å². The SMILES string of the molecule is COc1cc(C)c2c3c1O[C@@H]1C(=O)C=CC4C(C2)N(CC2CC2)CC[C@]341. The van der Waals surface area contributed by atoms with E-state index < -0.39 is 0 Å². The van der Waals surface area contributed by atoms with Gasteiger partial charge in [-0.1, -0.05) is 6.08 Å². The fourth-order valence-corrected chi connectivity index (χ4v) is 6.24. The normalized spacial score (nSPS) is 36.7. The molecule has 4 atom stereocenters. The van der Waals surface area contributed by atoms with Crippen molar-refractivity contribution in [2.24, 2.45) is 11.8 Å². The summed E-state index contributed by atoms with van der Waals surface area (Å²) in [5.41, 5.74) is 3.80. The number of benzene rings is 1. The van der Waals surface area contributed by atoms with Gasteiger partial charge in [-0.25, -0.2) is 0 Å². The number of likely N-dealkylation sites (tertiary alicyclic amines) is 1. The largest absolute Gasteiger partial charge is 0.493 e. The summed E-state index contributed by atoms with van der Waals surface area (Å²) in [4.78, 5) is 15.5. The lowest BCUT2D eigenvalue weighted by molar-refractivity contribution is -0.127. The zero-order valence-corrected chi connectivity index (χ0v) is 15.5. The second-order valence-corrected chi connectivity index (χ2v) is 8.86. The highest BCUT2D eigenvalue weighted by Crippen LogP contribution is 2.62. The average Bonchev–Trinajstić information content (AvgIpc) is 3.38. The Labute approximate surface area is 154 Å². The van der Waals surface area contributed by atoms with Crippen molar-refractivity contribution in [3.05, 3.63) is 34.9 Å². The molecule has 2 aliphatic heterocycles. The number of rotatable bonds is 3. The molecular weight excluding hydrogens is 326 g/mol. The van der Waals surface area contributed by atoms with Crippen molar-refractivity contribution >= 4 is 5.78 Å². The van der Waals surface area contributed by atoms with E-state index >= 15 is 0 Å². The third-order valence-corrected chi connectivity index (χ3v) is 7.59. The van der Waals surface area contributed by atoms with Gasteiger partial charge in [0.2, 0.25) is 0 Å². The van der Waals surface area contributed by atoms with Crippen LogP contribution < -0.4 is 9.47 Å². The fraction of sp³-hybridized carbons (Fsp3) is 0.591. The Kier molecular flexibility index (Phi) is 2.89. The van der Waals surface area contributed by atoms with Gasteiger partial charge in [0.15, 0.2) is 23.4 Å². The molecule has 2 heterocycles. The highest BCUT2D eigenvalue weighted by molar-refractivity contribution is 5.98. The van der Waals surface area contributed by atoms with Crippen LogP contribution in [0.3, 0.4) is 0 Å². The summed E-state index contributed by atoms with van der Waals surface area (Å²) in [6.45, 7) is 4.49. The number of piperidine rings is 1. The van der Waals surface area contributed by atoms with Gasteiger partial charge in [0.25, 0.3) is 0 Å². The molecule has 2 bridgehead atoms. The van der Waals surface area contributed by atoms with Crippen molar-refractivity contribution in [2.45, 2.75) is 50.2 Å². The van der Waals surface area contributed by atoms with Gasteiger partial charge in [-0.2, -0.15) is 0 Å². The molecule has 0 radical (unpaired) electrons. The first kappa shape index (κ1) is 15.3. The Morgan fingerprint density at radius 3 is 3.00 bits per heavy atom. The summed E-state index contributed by atoms with van der Waals surface area (Å²) >= 11 is 0. The first-order valence-corrected chi connectivity index (χ1v) is 9.97. The zero-order chi connectivity index (χ0) is 17.6. The Morgan fingerprint density at radius 1 is 1.38 bits per heavy atom. The molecule has 4 nitrogen and oxygen atoms in total. The molecule has 1 aromatic rings. The Morgan fingerprint density at radius 2 is 2.23 bits per heavy atom. The summed E-state index contributed by atoms with van der Waals surface area (Å²) in [6.07, 6.45) is 8.47. The summed E-state index contributed by atoms with van der Waals surface area (Å²) in [7, 11) is 1.70. The minimum Gasteiger partial charge on any atom is -0.493 e. The molecule has 4 heteroatoms. The molecule has 0 amide bonds. The van der Waals surface area contributed by atoms with Crippen molar-refractivity contribution in [1.29, 1.82) is 0 Å². The number of ether oxygens (including phenoxy) is 2. The molecule has 3 aliphatic carbocycles. The molecule has 2 fully saturated rings. The smallest absolute Gasteiger partial charge is 0.196 e. The molecule has 0 N–H and O–H groups in total. The summed E-state index contributed by atoms with van der Waals surface area (Å²) in [5, 5.41) is 0. The van der Waals surface area contributed by atoms with Crippen LogP contribution in [-0.4, -0.2) is 43.0 Å². The van der Waals surface area contributed by atoms with Crippen LogP contribution in [0.15, 0.2) is 18.2 Å². The van der Waals surface area contributed by atoms with Gasteiger partial charge in [-0.15, -0.1) is 0 Å². The molecule has 136 valence electrons. The van der Waals surface area contributed by atoms with Crippen molar-refractivity contribution in [2.75, 3.05) is 20.2 Å². The summed E-state index contributed by atoms with van der Waals surface area (Å²) in [6, 6.07) is 2.59. The van der Waals surface area contributed by atoms with E-state index in [0.717, 1.165) is 36.8 Å². The number of carbonyl (C=O) groups excluding carboxylic acids is 1. The fourth-order valence-electron chi connectivity index (χ4n) is 6.24. The maximum atomic E-state index is 12.8. The maximum Gasteiger partial charge on any atom is 0.196 e. The van der Waals surface area contributed by atoms with Gasteiger partial charge in [0.1, 0.15) is 0 Å². The van der Waals surface area contributed by atoms with E-state index in [1.807, 2.05) is 0 Å². The van der Waals surface area contributed by atoms with Gasteiger partial charge in [0.05, 0.1) is 12.5 Å². The molecule has 1 saturated heterocycles. The lowest BCUT2D eigenvalue weighted by Crippen LogP contribution is -2.65. The average molecular weight is 351 g/mol.